The van der Waals surface area contributed by atoms with Crippen LogP contribution in [-0.2, 0) is 55.6 Å². The number of para-hydroxylation sites is 1. The summed E-state index contributed by atoms with van der Waals surface area (Å²) in [6, 6.07) is 6.46. The van der Waals surface area contributed by atoms with Crippen LogP contribution in [0.15, 0.2) is 48.7 Å². The molecule has 0 bridgehead atoms. The fourth-order valence-electron chi connectivity index (χ4n) is 7.75. The number of hydrogen-bond donors (Lipinski definition) is 1. The van der Waals surface area contributed by atoms with Crippen molar-refractivity contribution in [1.82, 2.24) is 24.3 Å². The van der Waals surface area contributed by atoms with Gasteiger partial charge >= 0.3 is 18.2 Å². The molecule has 0 saturated carbocycles. The Morgan fingerprint density at radius 3 is 2.43 bits per heavy atom. The number of methoxy groups -OCH3 is 1. The Labute approximate surface area is 302 Å². The minimum atomic E-state index is -4.59. The van der Waals surface area contributed by atoms with Crippen LogP contribution in [0, 0.1) is 5.92 Å². The van der Waals surface area contributed by atoms with Crippen LogP contribution in [0.3, 0.4) is 0 Å². The lowest BCUT2D eigenvalue weighted by Crippen LogP contribution is -2.45. The summed E-state index contributed by atoms with van der Waals surface area (Å²) in [5.41, 5.74) is 7.23. The quantitative estimate of drug-likeness (QED) is 0.138. The van der Waals surface area contributed by atoms with Crippen molar-refractivity contribution in [3.63, 3.8) is 0 Å². The van der Waals surface area contributed by atoms with E-state index in [1.807, 2.05) is 36.7 Å². The van der Waals surface area contributed by atoms with Gasteiger partial charge in [-0.25, -0.2) is 23.8 Å². The average molecular weight is 738 g/mol. The van der Waals surface area contributed by atoms with Gasteiger partial charge in [-0.1, -0.05) is 39.0 Å². The predicted octanol–water partition coefficient (Wildman–Crippen LogP) is 5.95. The van der Waals surface area contributed by atoms with Gasteiger partial charge in [0.25, 0.3) is 0 Å². The Kier molecular flexibility index (Phi) is 8.76. The zero-order valence-corrected chi connectivity index (χ0v) is 30.0. The number of anilines is 1. The van der Waals surface area contributed by atoms with Crippen molar-refractivity contribution in [3.05, 3.63) is 93.6 Å². The molecule has 12 nitrogen and oxygen atoms in total. The summed E-state index contributed by atoms with van der Waals surface area (Å²) in [5.74, 6) is -1.46. The summed E-state index contributed by atoms with van der Waals surface area (Å²) in [7, 11) is 1.35. The molecule has 16 heteroatoms. The molecule has 1 aromatic carbocycles. The van der Waals surface area contributed by atoms with E-state index in [0.717, 1.165) is 33.8 Å². The summed E-state index contributed by atoms with van der Waals surface area (Å²) in [6.07, 6.45) is -1.52. The van der Waals surface area contributed by atoms with E-state index in [1.165, 1.54) is 20.2 Å². The van der Waals surface area contributed by atoms with Gasteiger partial charge < -0.3 is 24.8 Å². The first kappa shape index (κ1) is 36.3. The molecule has 0 amide bonds. The van der Waals surface area contributed by atoms with Crippen LogP contribution in [0.2, 0.25) is 0 Å². The van der Waals surface area contributed by atoms with Crippen LogP contribution in [0.5, 0.6) is 0 Å². The van der Waals surface area contributed by atoms with Gasteiger partial charge in [-0.15, -0.1) is 0 Å². The number of aromatic nitrogens is 5. The van der Waals surface area contributed by atoms with Crippen LogP contribution in [0.1, 0.15) is 79.5 Å². The van der Waals surface area contributed by atoms with Crippen molar-refractivity contribution in [1.29, 1.82) is 0 Å². The first-order valence-electron chi connectivity index (χ1n) is 17.2. The van der Waals surface area contributed by atoms with Crippen LogP contribution in [-0.4, -0.2) is 62.9 Å². The molecule has 0 fully saturated rings. The third-order valence-electron chi connectivity index (χ3n) is 10.7. The number of benzene rings is 1. The number of allylic oxidation sites excluding steroid dienone is 1. The highest BCUT2D eigenvalue weighted by atomic mass is 19.4. The number of carbonyl (C=O) groups excluding carboxylic acids is 2. The summed E-state index contributed by atoms with van der Waals surface area (Å²) in [6.45, 7) is 8.74. The lowest BCUT2D eigenvalue weighted by molar-refractivity contribution is -0.154. The normalized spacial score (nSPS) is 21.0. The molecule has 0 saturated heterocycles. The molecule has 53 heavy (non-hydrogen) atoms. The number of ether oxygens (including phenoxy) is 3. The van der Waals surface area contributed by atoms with Crippen molar-refractivity contribution < 1.29 is 41.4 Å². The molecule has 3 aromatic heterocycles. The Hall–Kier alpha value is -5.09. The largest absolute Gasteiger partial charge is 0.427 e. The minimum Gasteiger partial charge on any atom is -0.427 e. The molecule has 1 aliphatic carbocycles. The fraction of sp³-hybridized carbons (Fsp3) is 0.432. The van der Waals surface area contributed by atoms with Gasteiger partial charge in [0.05, 0.1) is 33.7 Å². The maximum atomic E-state index is 17.7. The van der Waals surface area contributed by atoms with Crippen molar-refractivity contribution >= 4 is 23.6 Å². The van der Waals surface area contributed by atoms with Gasteiger partial charge in [0.1, 0.15) is 11.9 Å². The van der Waals surface area contributed by atoms with E-state index < -0.39 is 53.5 Å². The predicted molar refractivity (Wildman–Crippen MR) is 184 cm³/mol. The smallest absolute Gasteiger partial charge is 0.421 e. The van der Waals surface area contributed by atoms with Gasteiger partial charge in [0.15, 0.2) is 5.60 Å². The topological polar surface area (TPSA) is 140 Å². The standard InChI is InChI=1S/C37H39F4N7O5/c1-7-20-9-8-10-22-26-29(38)36(5,51-6)31-24(11-14-47(31)34(50)53-18-52-32(49)27(42)19(2)3)35(26,4)30-23-17-46(13-12-25(23)45-48(30)28(20)22)33-43-15-21(16-44-33)37(39,40)41/h8-11,14-16,19,27H,7,12-13,17-18,42H2,1-6H3. The summed E-state index contributed by atoms with van der Waals surface area (Å²) in [4.78, 5) is 35.8. The third kappa shape index (κ3) is 5.44. The monoisotopic (exact) mass is 737 g/mol. The van der Waals surface area contributed by atoms with E-state index in [4.69, 9.17) is 25.0 Å². The van der Waals surface area contributed by atoms with Gasteiger partial charge in [-0.3, -0.25) is 9.36 Å². The van der Waals surface area contributed by atoms with Crippen molar-refractivity contribution in [2.75, 3.05) is 25.3 Å². The lowest BCUT2D eigenvalue weighted by atomic mass is 9.61. The maximum absolute atomic E-state index is 17.7. The molecule has 2 aliphatic heterocycles. The Bertz CT molecular complexity index is 2160. The van der Waals surface area contributed by atoms with Crippen LogP contribution >= 0.6 is 0 Å². The van der Waals surface area contributed by atoms with E-state index in [1.54, 1.807) is 24.8 Å². The Balaban J connectivity index is 1.38. The van der Waals surface area contributed by atoms with Gasteiger partial charge in [0, 0.05) is 61.9 Å². The highest BCUT2D eigenvalue weighted by molar-refractivity contribution is 5.92. The molecule has 7 rings (SSSR count). The Morgan fingerprint density at radius 1 is 1.08 bits per heavy atom. The van der Waals surface area contributed by atoms with Crippen molar-refractivity contribution in [3.8, 4) is 5.69 Å². The van der Waals surface area contributed by atoms with Gasteiger partial charge in [0.2, 0.25) is 12.7 Å². The second kappa shape index (κ2) is 12.8. The summed E-state index contributed by atoms with van der Waals surface area (Å²) < 4.78 is 77.0. The second-order valence-electron chi connectivity index (χ2n) is 14.1. The number of nitrogens with zero attached hydrogens (tertiary/aromatic N) is 6. The number of nitrogens with two attached hydrogens (primary N) is 1. The van der Waals surface area contributed by atoms with Crippen molar-refractivity contribution in [2.45, 2.75) is 77.2 Å². The van der Waals surface area contributed by atoms with Gasteiger partial charge in [-0.05, 0) is 43.4 Å². The number of carbonyl (C=O) groups is 2. The number of hydrogen-bond acceptors (Lipinski definition) is 10. The second-order valence-corrected chi connectivity index (χ2v) is 14.1. The number of fused-ring (bicyclic) bond motifs is 10. The zero-order valence-electron chi connectivity index (χ0n) is 30.0. The maximum Gasteiger partial charge on any atom is 0.421 e. The SMILES string of the molecule is CCc1cccc2c1-n1nc3c(c1C1(C)C2=C(F)C(C)(OC)c2c1ccn2C(=O)OCOC(=O)C(N)C(C)C)CN(c1ncc(C(F)(F)F)cn1)CC3. The number of esters is 1. The van der Waals surface area contributed by atoms with Crippen LogP contribution < -0.4 is 10.6 Å². The summed E-state index contributed by atoms with van der Waals surface area (Å²) >= 11 is 0. The average Bonchev–Trinajstić information content (AvgIpc) is 3.77. The molecule has 280 valence electrons. The highest BCUT2D eigenvalue weighted by Gasteiger charge is 2.57. The first-order valence-corrected chi connectivity index (χ1v) is 17.2. The van der Waals surface area contributed by atoms with E-state index in [0.29, 0.717) is 47.5 Å². The third-order valence-corrected chi connectivity index (χ3v) is 10.7. The minimum absolute atomic E-state index is 0.112. The molecule has 3 unspecified atom stereocenters. The van der Waals surface area contributed by atoms with Crippen LogP contribution in [0.4, 0.5) is 28.3 Å². The molecule has 4 aromatic rings. The molecule has 3 atom stereocenters. The zero-order chi connectivity index (χ0) is 38.2. The highest BCUT2D eigenvalue weighted by Crippen LogP contribution is 2.61. The molecular formula is C37H39F4N7O5. The molecule has 0 radical (unpaired) electrons. The number of aryl methyl sites for hydroxylation is 1. The van der Waals surface area contributed by atoms with E-state index in [-0.39, 0.29) is 24.1 Å². The number of alkyl halides is 3. The molecule has 5 heterocycles. The molecular weight excluding hydrogens is 698 g/mol. The Morgan fingerprint density at radius 2 is 1.79 bits per heavy atom. The van der Waals surface area contributed by atoms with Crippen LogP contribution in [0.25, 0.3) is 11.3 Å². The van der Waals surface area contributed by atoms with Gasteiger partial charge in [-0.2, -0.15) is 18.3 Å². The van der Waals surface area contributed by atoms with E-state index in [2.05, 4.69) is 9.97 Å². The molecule has 3 aliphatic rings. The fourth-order valence-corrected chi connectivity index (χ4v) is 7.75. The first-order chi connectivity index (χ1) is 25.1. The number of rotatable bonds is 7. The van der Waals surface area contributed by atoms with E-state index >= 15 is 4.39 Å². The number of halogens is 4. The molecule has 0 spiro atoms. The summed E-state index contributed by atoms with van der Waals surface area (Å²) in [5, 5.41) is 5.10. The molecule has 2 N–H and O–H groups in total. The lowest BCUT2D eigenvalue weighted by Gasteiger charge is -2.47. The van der Waals surface area contributed by atoms with E-state index in [9.17, 15) is 22.8 Å². The van der Waals surface area contributed by atoms with Crippen molar-refractivity contribution in [2.24, 2.45) is 11.7 Å².